The number of rotatable bonds is 5. The number of hydrogen-bond acceptors (Lipinski definition) is 4. The van der Waals surface area contributed by atoms with Gasteiger partial charge in [0.2, 0.25) is 12.7 Å². The average molecular weight is 329 g/mol. The van der Waals surface area contributed by atoms with E-state index in [0.29, 0.717) is 19.5 Å². The molecule has 0 saturated carbocycles. The molecule has 0 fully saturated rings. The number of nitrogens with zero attached hydrogens (tertiary/aromatic N) is 1. The van der Waals surface area contributed by atoms with Gasteiger partial charge in [-0.25, -0.2) is 0 Å². The van der Waals surface area contributed by atoms with Gasteiger partial charge in [-0.3, -0.25) is 4.79 Å². The summed E-state index contributed by atoms with van der Waals surface area (Å²) in [5.41, 5.74) is 0.945. The van der Waals surface area contributed by atoms with E-state index in [4.69, 9.17) is 13.9 Å². The van der Waals surface area contributed by atoms with Crippen LogP contribution in [0.1, 0.15) is 38.5 Å². The van der Waals surface area contributed by atoms with Crippen molar-refractivity contribution in [1.29, 1.82) is 0 Å². The van der Waals surface area contributed by atoms with E-state index in [9.17, 15) is 4.79 Å². The molecule has 0 saturated heterocycles. The molecular formula is C19H23NO4. The van der Waals surface area contributed by atoms with Crippen molar-refractivity contribution >= 4 is 5.91 Å². The van der Waals surface area contributed by atoms with Gasteiger partial charge in [-0.1, -0.05) is 26.8 Å². The molecule has 1 aliphatic heterocycles. The Bertz CT molecular complexity index is 701. The van der Waals surface area contributed by atoms with E-state index >= 15 is 0 Å². The van der Waals surface area contributed by atoms with E-state index in [1.165, 1.54) is 0 Å². The van der Waals surface area contributed by atoms with Gasteiger partial charge in [0.1, 0.15) is 5.76 Å². The van der Waals surface area contributed by atoms with Crippen LogP contribution < -0.4 is 9.47 Å². The average Bonchev–Trinajstić information content (AvgIpc) is 3.15. The lowest BCUT2D eigenvalue weighted by atomic mass is 9.91. The molecule has 1 aliphatic rings. The Labute approximate surface area is 142 Å². The first-order valence-corrected chi connectivity index (χ1v) is 8.09. The van der Waals surface area contributed by atoms with Crippen LogP contribution in [-0.2, 0) is 17.9 Å². The summed E-state index contributed by atoms with van der Waals surface area (Å²) in [5.74, 6) is 2.36. The van der Waals surface area contributed by atoms with E-state index < -0.39 is 0 Å². The van der Waals surface area contributed by atoms with Crippen LogP contribution in [0.5, 0.6) is 11.5 Å². The van der Waals surface area contributed by atoms with Crippen molar-refractivity contribution in [2.45, 2.75) is 40.3 Å². The van der Waals surface area contributed by atoms with Gasteiger partial charge in [-0.05, 0) is 35.2 Å². The Kier molecular flexibility index (Phi) is 4.51. The van der Waals surface area contributed by atoms with E-state index in [0.717, 1.165) is 22.8 Å². The molecule has 2 aromatic rings. The van der Waals surface area contributed by atoms with Crippen LogP contribution >= 0.6 is 0 Å². The van der Waals surface area contributed by atoms with Crippen molar-refractivity contribution in [2.75, 3.05) is 6.79 Å². The van der Waals surface area contributed by atoms with Crippen molar-refractivity contribution in [3.05, 3.63) is 47.9 Å². The Balaban J connectivity index is 1.77. The van der Waals surface area contributed by atoms with Crippen LogP contribution in [0.15, 0.2) is 41.0 Å². The normalized spacial score (nSPS) is 13.1. The van der Waals surface area contributed by atoms with E-state index in [1.54, 1.807) is 6.26 Å². The molecule has 5 heteroatoms. The third-order valence-corrected chi connectivity index (χ3v) is 3.77. The Morgan fingerprint density at radius 3 is 2.62 bits per heavy atom. The minimum absolute atomic E-state index is 0.0621. The van der Waals surface area contributed by atoms with Gasteiger partial charge in [0, 0.05) is 13.0 Å². The van der Waals surface area contributed by atoms with Crippen LogP contribution in [0.2, 0.25) is 0 Å². The lowest BCUT2D eigenvalue weighted by Gasteiger charge is -2.26. The van der Waals surface area contributed by atoms with Gasteiger partial charge in [-0.15, -0.1) is 0 Å². The molecule has 0 unspecified atom stereocenters. The first-order valence-electron chi connectivity index (χ1n) is 8.09. The van der Waals surface area contributed by atoms with Crippen LogP contribution in [-0.4, -0.2) is 17.6 Å². The van der Waals surface area contributed by atoms with Crippen molar-refractivity contribution in [2.24, 2.45) is 5.41 Å². The Morgan fingerprint density at radius 2 is 1.92 bits per heavy atom. The molecule has 0 N–H and O–H groups in total. The molecule has 0 bridgehead atoms. The van der Waals surface area contributed by atoms with E-state index in [2.05, 4.69) is 20.8 Å². The second kappa shape index (κ2) is 6.59. The number of furan rings is 1. The lowest BCUT2D eigenvalue weighted by molar-refractivity contribution is -0.134. The minimum Gasteiger partial charge on any atom is -0.467 e. The van der Waals surface area contributed by atoms with Gasteiger partial charge in [0.15, 0.2) is 11.5 Å². The van der Waals surface area contributed by atoms with Crippen LogP contribution in [0.25, 0.3) is 0 Å². The summed E-state index contributed by atoms with van der Waals surface area (Å²) >= 11 is 0. The summed E-state index contributed by atoms with van der Waals surface area (Å²) in [6.07, 6.45) is 2.11. The molecule has 1 amide bonds. The summed E-state index contributed by atoms with van der Waals surface area (Å²) in [6.45, 7) is 7.41. The largest absolute Gasteiger partial charge is 0.467 e. The fraction of sp³-hybridized carbons (Fsp3) is 0.421. The highest BCUT2D eigenvalue weighted by Crippen LogP contribution is 2.33. The molecule has 128 valence electrons. The summed E-state index contributed by atoms with van der Waals surface area (Å²) in [6, 6.07) is 9.51. The molecule has 1 aromatic heterocycles. The zero-order chi connectivity index (χ0) is 17.2. The predicted molar refractivity (Wildman–Crippen MR) is 89.6 cm³/mol. The molecule has 0 atom stereocenters. The van der Waals surface area contributed by atoms with E-state index in [1.807, 2.05) is 35.2 Å². The topological polar surface area (TPSA) is 51.9 Å². The Hall–Kier alpha value is -2.43. The summed E-state index contributed by atoms with van der Waals surface area (Å²) in [5, 5.41) is 0. The highest BCUT2D eigenvalue weighted by atomic mass is 16.7. The smallest absolute Gasteiger partial charge is 0.231 e. The molecule has 2 heterocycles. The summed E-state index contributed by atoms with van der Waals surface area (Å²) in [4.78, 5) is 14.6. The number of ether oxygens (including phenoxy) is 2. The molecular weight excluding hydrogens is 306 g/mol. The number of benzene rings is 1. The number of hydrogen-bond donors (Lipinski definition) is 0. The van der Waals surface area contributed by atoms with Crippen molar-refractivity contribution in [3.63, 3.8) is 0 Å². The maximum absolute atomic E-state index is 12.8. The van der Waals surface area contributed by atoms with Gasteiger partial charge >= 0.3 is 0 Å². The quantitative estimate of drug-likeness (QED) is 0.833. The maximum atomic E-state index is 12.8. The highest BCUT2D eigenvalue weighted by Gasteiger charge is 2.23. The van der Waals surface area contributed by atoms with Crippen molar-refractivity contribution in [3.8, 4) is 11.5 Å². The molecule has 0 radical (unpaired) electrons. The molecule has 5 nitrogen and oxygen atoms in total. The number of carbonyl (C=O) groups excluding carboxylic acids is 1. The van der Waals surface area contributed by atoms with Gasteiger partial charge in [0.05, 0.1) is 12.8 Å². The fourth-order valence-corrected chi connectivity index (χ4v) is 2.65. The van der Waals surface area contributed by atoms with E-state index in [-0.39, 0.29) is 18.1 Å². The van der Waals surface area contributed by atoms with Gasteiger partial charge in [-0.2, -0.15) is 0 Å². The van der Waals surface area contributed by atoms with Crippen LogP contribution in [0.4, 0.5) is 0 Å². The molecule has 0 aliphatic carbocycles. The third kappa shape index (κ3) is 4.10. The zero-order valence-electron chi connectivity index (χ0n) is 14.4. The molecule has 24 heavy (non-hydrogen) atoms. The number of amides is 1. The van der Waals surface area contributed by atoms with Crippen LogP contribution in [0, 0.1) is 5.41 Å². The van der Waals surface area contributed by atoms with Crippen molar-refractivity contribution < 1.29 is 18.7 Å². The summed E-state index contributed by atoms with van der Waals surface area (Å²) < 4.78 is 16.2. The maximum Gasteiger partial charge on any atom is 0.231 e. The minimum atomic E-state index is -0.0621. The number of fused-ring (bicyclic) bond motifs is 1. The second-order valence-electron chi connectivity index (χ2n) is 7.25. The van der Waals surface area contributed by atoms with Crippen LogP contribution in [0.3, 0.4) is 0 Å². The first-order chi connectivity index (χ1) is 11.4. The third-order valence-electron chi connectivity index (χ3n) is 3.77. The SMILES string of the molecule is CC(C)(C)CC(=O)N(Cc1ccc2c(c1)OCO2)Cc1ccco1. The predicted octanol–water partition coefficient (Wildman–Crippen LogP) is 3.97. The zero-order valence-corrected chi connectivity index (χ0v) is 14.4. The van der Waals surface area contributed by atoms with Gasteiger partial charge in [0.25, 0.3) is 0 Å². The van der Waals surface area contributed by atoms with Crippen molar-refractivity contribution in [1.82, 2.24) is 4.90 Å². The monoisotopic (exact) mass is 329 g/mol. The lowest BCUT2D eigenvalue weighted by Crippen LogP contribution is -2.32. The molecule has 0 spiro atoms. The fourth-order valence-electron chi connectivity index (χ4n) is 2.65. The second-order valence-corrected chi connectivity index (χ2v) is 7.25. The van der Waals surface area contributed by atoms with Gasteiger partial charge < -0.3 is 18.8 Å². The number of carbonyl (C=O) groups is 1. The molecule has 1 aromatic carbocycles. The highest BCUT2D eigenvalue weighted by molar-refractivity contribution is 5.76. The standard InChI is InChI=1S/C19H23NO4/c1-19(2,3)10-18(21)20(12-15-5-4-8-22-15)11-14-6-7-16-17(9-14)24-13-23-16/h4-9H,10-13H2,1-3H3. The summed E-state index contributed by atoms with van der Waals surface area (Å²) in [7, 11) is 0. The Morgan fingerprint density at radius 1 is 1.12 bits per heavy atom. The molecule has 3 rings (SSSR count). The first kappa shape index (κ1) is 16.4.